The fraction of sp³-hybridized carbons (Fsp3) is 0.136. The molecular formula is C22H16ClNO4. The summed E-state index contributed by atoms with van der Waals surface area (Å²) < 4.78 is 10.8. The van der Waals surface area contributed by atoms with Crippen LogP contribution in [0, 0.1) is 0 Å². The van der Waals surface area contributed by atoms with Crippen molar-refractivity contribution in [3.63, 3.8) is 0 Å². The number of amides is 1. The van der Waals surface area contributed by atoms with Crippen molar-refractivity contribution in [1.82, 2.24) is 0 Å². The zero-order valence-corrected chi connectivity index (χ0v) is 15.5. The van der Waals surface area contributed by atoms with Gasteiger partial charge in [0, 0.05) is 16.1 Å². The Morgan fingerprint density at radius 1 is 1.00 bits per heavy atom. The van der Waals surface area contributed by atoms with Gasteiger partial charge in [0.15, 0.2) is 17.1 Å². The Hall–Kier alpha value is -3.02. The Morgan fingerprint density at radius 3 is 2.61 bits per heavy atom. The number of carbonyl (C=O) groups is 1. The van der Waals surface area contributed by atoms with Crippen LogP contribution in [0.3, 0.4) is 0 Å². The monoisotopic (exact) mass is 393 g/mol. The third-order valence-corrected chi connectivity index (χ3v) is 5.58. The van der Waals surface area contributed by atoms with Crippen LogP contribution in [0.15, 0.2) is 66.7 Å². The first kappa shape index (κ1) is 17.1. The number of nitrogens with zero attached hydrogens (tertiary/aromatic N) is 1. The van der Waals surface area contributed by atoms with Gasteiger partial charge < -0.3 is 19.5 Å². The lowest BCUT2D eigenvalue weighted by Crippen LogP contribution is -2.40. The van der Waals surface area contributed by atoms with E-state index < -0.39 is 11.5 Å². The van der Waals surface area contributed by atoms with E-state index in [1.807, 2.05) is 36.4 Å². The summed E-state index contributed by atoms with van der Waals surface area (Å²) in [6, 6.07) is 19.7. The lowest BCUT2D eigenvalue weighted by atomic mass is 9.87. The van der Waals surface area contributed by atoms with Crippen molar-refractivity contribution in [3.8, 4) is 11.5 Å². The highest BCUT2D eigenvalue weighted by Crippen LogP contribution is 2.47. The highest BCUT2D eigenvalue weighted by atomic mass is 35.5. The molecule has 2 heterocycles. The summed E-state index contributed by atoms with van der Waals surface area (Å²) in [5.74, 6) is 0.687. The summed E-state index contributed by atoms with van der Waals surface area (Å²) in [7, 11) is 0. The number of rotatable bonds is 3. The molecule has 140 valence electrons. The molecule has 2 aliphatic heterocycles. The minimum atomic E-state index is -1.81. The summed E-state index contributed by atoms with van der Waals surface area (Å²) in [5.41, 5.74) is 0.635. The van der Waals surface area contributed by atoms with E-state index in [2.05, 4.69) is 0 Å². The van der Waals surface area contributed by atoms with E-state index in [9.17, 15) is 9.90 Å². The summed E-state index contributed by atoms with van der Waals surface area (Å²) >= 11 is 6.30. The molecule has 0 spiro atoms. The molecule has 5 nitrogen and oxygen atoms in total. The van der Waals surface area contributed by atoms with Crippen LogP contribution in [0.2, 0.25) is 5.02 Å². The van der Waals surface area contributed by atoms with Crippen LogP contribution >= 0.6 is 11.6 Å². The van der Waals surface area contributed by atoms with E-state index >= 15 is 0 Å². The second kappa shape index (κ2) is 6.26. The molecule has 3 aromatic carbocycles. The number of carbonyl (C=O) groups excluding carboxylic acids is 1. The Morgan fingerprint density at radius 2 is 1.75 bits per heavy atom. The molecule has 1 unspecified atom stereocenters. The maximum absolute atomic E-state index is 13.5. The zero-order chi connectivity index (χ0) is 19.3. The van der Waals surface area contributed by atoms with Gasteiger partial charge in [-0.2, -0.15) is 0 Å². The van der Waals surface area contributed by atoms with Crippen LogP contribution in [0.5, 0.6) is 11.5 Å². The molecule has 0 bridgehead atoms. The van der Waals surface area contributed by atoms with E-state index in [0.717, 1.165) is 5.56 Å². The van der Waals surface area contributed by atoms with Gasteiger partial charge in [-0.15, -0.1) is 0 Å². The number of ether oxygens (including phenoxy) is 2. The second-order valence-electron chi connectivity index (χ2n) is 6.78. The summed E-state index contributed by atoms with van der Waals surface area (Å²) in [4.78, 5) is 15.0. The van der Waals surface area contributed by atoms with Crippen LogP contribution in [0.1, 0.15) is 16.7 Å². The first-order valence-corrected chi connectivity index (χ1v) is 9.24. The van der Waals surface area contributed by atoms with Crippen LogP contribution in [0.25, 0.3) is 0 Å². The predicted octanol–water partition coefficient (Wildman–Crippen LogP) is 3.85. The molecule has 2 aliphatic rings. The lowest BCUT2D eigenvalue weighted by molar-refractivity contribution is -0.132. The fourth-order valence-corrected chi connectivity index (χ4v) is 3.98. The number of hydrogen-bond donors (Lipinski definition) is 1. The zero-order valence-electron chi connectivity index (χ0n) is 14.8. The Bertz CT molecular complexity index is 1100. The lowest BCUT2D eigenvalue weighted by Gasteiger charge is -2.24. The largest absolute Gasteiger partial charge is 0.454 e. The molecule has 3 aromatic rings. The van der Waals surface area contributed by atoms with Crippen molar-refractivity contribution in [2.24, 2.45) is 0 Å². The Labute approximate surface area is 166 Å². The molecule has 0 aromatic heterocycles. The SMILES string of the molecule is O=C1N(Cc2ccccc2Cl)c2ccccc2C1(O)c1ccc2c(c1)OCO2. The minimum absolute atomic E-state index is 0.125. The van der Waals surface area contributed by atoms with Crippen molar-refractivity contribution in [1.29, 1.82) is 0 Å². The van der Waals surface area contributed by atoms with E-state index in [1.54, 1.807) is 35.2 Å². The van der Waals surface area contributed by atoms with Crippen LogP contribution in [0.4, 0.5) is 5.69 Å². The highest BCUT2D eigenvalue weighted by molar-refractivity contribution is 6.31. The van der Waals surface area contributed by atoms with Gasteiger partial charge in [-0.25, -0.2) is 0 Å². The molecule has 5 rings (SSSR count). The van der Waals surface area contributed by atoms with E-state index in [-0.39, 0.29) is 13.3 Å². The molecule has 1 N–H and O–H groups in total. The van der Waals surface area contributed by atoms with Crippen molar-refractivity contribution < 1.29 is 19.4 Å². The topological polar surface area (TPSA) is 59.0 Å². The van der Waals surface area contributed by atoms with Crippen molar-refractivity contribution in [2.75, 3.05) is 11.7 Å². The van der Waals surface area contributed by atoms with Gasteiger partial charge in [0.2, 0.25) is 6.79 Å². The van der Waals surface area contributed by atoms with Crippen LogP contribution in [-0.2, 0) is 16.9 Å². The number of para-hydroxylation sites is 1. The number of benzene rings is 3. The number of anilines is 1. The van der Waals surface area contributed by atoms with Gasteiger partial charge in [-0.05, 0) is 29.8 Å². The molecular weight excluding hydrogens is 378 g/mol. The van der Waals surface area contributed by atoms with Crippen LogP contribution < -0.4 is 14.4 Å². The first-order chi connectivity index (χ1) is 13.6. The third kappa shape index (κ3) is 2.40. The standard InChI is InChI=1S/C22H16ClNO4/c23-17-7-3-1-5-14(17)12-24-18-8-4-2-6-16(18)22(26,21(24)25)15-9-10-19-20(11-15)28-13-27-19/h1-11,26H,12-13H2. The average molecular weight is 394 g/mol. The Balaban J connectivity index is 1.62. The quantitative estimate of drug-likeness (QED) is 0.734. The summed E-state index contributed by atoms with van der Waals surface area (Å²) in [5, 5.41) is 12.2. The van der Waals surface area contributed by atoms with Gasteiger partial charge in [0.1, 0.15) is 0 Å². The molecule has 1 amide bonds. The molecule has 0 radical (unpaired) electrons. The van der Waals surface area contributed by atoms with Crippen molar-refractivity contribution in [3.05, 3.63) is 88.4 Å². The van der Waals surface area contributed by atoms with Crippen molar-refractivity contribution in [2.45, 2.75) is 12.1 Å². The first-order valence-electron chi connectivity index (χ1n) is 8.86. The predicted molar refractivity (Wildman–Crippen MR) is 105 cm³/mol. The van der Waals surface area contributed by atoms with Gasteiger partial charge in [-0.1, -0.05) is 54.1 Å². The maximum atomic E-state index is 13.5. The van der Waals surface area contributed by atoms with Gasteiger partial charge in [0.05, 0.1) is 12.2 Å². The Kier molecular flexibility index (Phi) is 3.82. The number of aliphatic hydroxyl groups is 1. The highest BCUT2D eigenvalue weighted by Gasteiger charge is 2.51. The van der Waals surface area contributed by atoms with E-state index in [0.29, 0.717) is 33.3 Å². The second-order valence-corrected chi connectivity index (χ2v) is 7.19. The van der Waals surface area contributed by atoms with Gasteiger partial charge in [-0.3, -0.25) is 4.79 Å². The molecule has 0 saturated carbocycles. The minimum Gasteiger partial charge on any atom is -0.454 e. The molecule has 0 saturated heterocycles. The maximum Gasteiger partial charge on any atom is 0.268 e. The molecule has 0 fully saturated rings. The molecule has 0 aliphatic carbocycles. The number of fused-ring (bicyclic) bond motifs is 2. The average Bonchev–Trinajstić information content (AvgIpc) is 3.27. The smallest absolute Gasteiger partial charge is 0.268 e. The van der Waals surface area contributed by atoms with Crippen LogP contribution in [-0.4, -0.2) is 17.8 Å². The third-order valence-electron chi connectivity index (χ3n) is 5.22. The fourth-order valence-electron chi connectivity index (χ4n) is 3.79. The van der Waals surface area contributed by atoms with E-state index in [4.69, 9.17) is 21.1 Å². The number of hydrogen-bond acceptors (Lipinski definition) is 4. The summed E-state index contributed by atoms with van der Waals surface area (Å²) in [6.45, 7) is 0.392. The van der Waals surface area contributed by atoms with Crippen molar-refractivity contribution >= 4 is 23.2 Å². The van der Waals surface area contributed by atoms with Gasteiger partial charge in [0.25, 0.3) is 5.91 Å². The number of halogens is 1. The van der Waals surface area contributed by atoms with Gasteiger partial charge >= 0.3 is 0 Å². The molecule has 1 atom stereocenters. The molecule has 6 heteroatoms. The normalized spacial score (nSPS) is 19.8. The molecule has 28 heavy (non-hydrogen) atoms. The van der Waals surface area contributed by atoms with E-state index in [1.165, 1.54) is 0 Å². The summed E-state index contributed by atoms with van der Waals surface area (Å²) in [6.07, 6.45) is 0.